The minimum atomic E-state index is -0.428. The molecule has 1 aromatic carbocycles. The number of benzene rings is 1. The van der Waals surface area contributed by atoms with Crippen molar-refractivity contribution in [1.29, 1.82) is 0 Å². The quantitative estimate of drug-likeness (QED) is 0.640. The van der Waals surface area contributed by atoms with Crippen molar-refractivity contribution < 1.29 is 14.5 Å². The van der Waals surface area contributed by atoms with Gasteiger partial charge in [-0.05, 0) is 63.0 Å². The van der Waals surface area contributed by atoms with E-state index >= 15 is 0 Å². The highest BCUT2D eigenvalue weighted by Crippen LogP contribution is 2.49. The van der Waals surface area contributed by atoms with E-state index < -0.39 is 4.92 Å². The topological polar surface area (TPSA) is 81.5 Å². The molecule has 0 saturated heterocycles. The number of carbonyl (C=O) groups excluding carboxylic acids is 1. The van der Waals surface area contributed by atoms with Crippen LogP contribution in [-0.2, 0) is 4.79 Å². The fraction of sp³-hybridized carbons (Fsp3) is 0.611. The summed E-state index contributed by atoms with van der Waals surface area (Å²) in [5, 5.41) is 13.9. The van der Waals surface area contributed by atoms with Gasteiger partial charge in [-0.15, -0.1) is 0 Å². The molecule has 0 spiro atoms. The normalized spacial score (nSPS) is 26.2. The number of nitrogens with one attached hydrogen (secondary N) is 1. The van der Waals surface area contributed by atoms with Gasteiger partial charge in [-0.25, -0.2) is 0 Å². The molecule has 6 heteroatoms. The molecule has 3 rings (SSSR count). The monoisotopic (exact) mass is 332 g/mol. The minimum Gasteiger partial charge on any atom is -0.484 e. The number of ether oxygens (including phenoxy) is 1. The number of fused-ring (bicyclic) bond motifs is 2. The van der Waals surface area contributed by atoms with E-state index in [9.17, 15) is 14.9 Å². The first-order valence-electron chi connectivity index (χ1n) is 8.61. The van der Waals surface area contributed by atoms with Gasteiger partial charge in [-0.1, -0.05) is 6.42 Å². The van der Waals surface area contributed by atoms with Crippen molar-refractivity contribution in [3.8, 4) is 5.75 Å². The van der Waals surface area contributed by atoms with Gasteiger partial charge in [0.1, 0.15) is 5.75 Å². The number of nitro benzene ring substituents is 1. The van der Waals surface area contributed by atoms with Gasteiger partial charge in [-0.3, -0.25) is 14.9 Å². The van der Waals surface area contributed by atoms with E-state index in [-0.39, 0.29) is 24.2 Å². The first-order chi connectivity index (χ1) is 11.4. The summed E-state index contributed by atoms with van der Waals surface area (Å²) in [6.45, 7) is 3.67. The highest BCUT2D eigenvalue weighted by atomic mass is 16.6. The van der Waals surface area contributed by atoms with E-state index in [4.69, 9.17) is 4.74 Å². The second-order valence-corrected chi connectivity index (χ2v) is 7.19. The van der Waals surface area contributed by atoms with Crippen LogP contribution in [-0.4, -0.2) is 23.5 Å². The summed E-state index contributed by atoms with van der Waals surface area (Å²) in [7, 11) is 0. The Morgan fingerprint density at radius 1 is 1.42 bits per heavy atom. The number of nitrogens with zero attached hydrogens (tertiary/aromatic N) is 1. The zero-order valence-corrected chi connectivity index (χ0v) is 14.2. The number of hydrogen-bond donors (Lipinski definition) is 1. The Hall–Kier alpha value is -2.11. The Bertz CT molecular complexity index is 646. The van der Waals surface area contributed by atoms with Gasteiger partial charge >= 0.3 is 0 Å². The Kier molecular flexibility index (Phi) is 4.73. The highest BCUT2D eigenvalue weighted by molar-refractivity contribution is 5.77. The number of hydrogen-bond acceptors (Lipinski definition) is 4. The van der Waals surface area contributed by atoms with E-state index in [1.807, 2.05) is 0 Å². The van der Waals surface area contributed by atoms with E-state index in [0.29, 0.717) is 17.2 Å². The molecule has 2 fully saturated rings. The molecule has 1 N–H and O–H groups in total. The molecule has 2 bridgehead atoms. The highest BCUT2D eigenvalue weighted by Gasteiger charge is 2.42. The van der Waals surface area contributed by atoms with Gasteiger partial charge in [-0.2, -0.15) is 0 Å². The van der Waals surface area contributed by atoms with Crippen LogP contribution in [0.15, 0.2) is 18.2 Å². The third-order valence-electron chi connectivity index (χ3n) is 5.56. The van der Waals surface area contributed by atoms with E-state index in [1.54, 1.807) is 13.0 Å². The Morgan fingerprint density at radius 2 is 2.21 bits per heavy atom. The van der Waals surface area contributed by atoms with E-state index in [0.717, 1.165) is 11.8 Å². The standard InChI is InChI=1S/C18H24N2O4/c1-11-7-15(5-6-17(11)20(22)23)24-10-18(21)19-12(2)16-9-13-3-4-14(16)8-13/h5-7,12-14,16H,3-4,8-10H2,1-2H3,(H,19,21). The van der Waals surface area contributed by atoms with Gasteiger partial charge in [0.05, 0.1) is 4.92 Å². The summed E-state index contributed by atoms with van der Waals surface area (Å²) in [4.78, 5) is 22.5. The largest absolute Gasteiger partial charge is 0.484 e. The predicted octanol–water partition coefficient (Wildman–Crippen LogP) is 3.22. The predicted molar refractivity (Wildman–Crippen MR) is 89.9 cm³/mol. The van der Waals surface area contributed by atoms with E-state index in [2.05, 4.69) is 12.2 Å². The molecule has 4 atom stereocenters. The third-order valence-corrected chi connectivity index (χ3v) is 5.56. The van der Waals surface area contributed by atoms with Crippen LogP contribution >= 0.6 is 0 Å². The summed E-state index contributed by atoms with van der Waals surface area (Å²) in [6, 6.07) is 4.69. The van der Waals surface area contributed by atoms with Crippen LogP contribution in [0.5, 0.6) is 5.75 Å². The van der Waals surface area contributed by atoms with Gasteiger partial charge in [0.2, 0.25) is 0 Å². The number of carbonyl (C=O) groups is 1. The SMILES string of the molecule is Cc1cc(OCC(=O)NC(C)C2CC3CCC2C3)ccc1[N+](=O)[O-]. The lowest BCUT2D eigenvalue weighted by molar-refractivity contribution is -0.385. The average molecular weight is 332 g/mol. The van der Waals surface area contributed by atoms with Crippen LogP contribution in [0.2, 0.25) is 0 Å². The van der Waals surface area contributed by atoms with Crippen LogP contribution < -0.4 is 10.1 Å². The number of nitro groups is 1. The molecule has 24 heavy (non-hydrogen) atoms. The van der Waals surface area contributed by atoms with Crippen LogP contribution in [0, 0.1) is 34.8 Å². The van der Waals surface area contributed by atoms with Crippen molar-refractivity contribution in [3.05, 3.63) is 33.9 Å². The fourth-order valence-electron chi connectivity index (χ4n) is 4.38. The van der Waals surface area contributed by atoms with Crippen LogP contribution in [0.4, 0.5) is 5.69 Å². The molecule has 0 heterocycles. The Morgan fingerprint density at radius 3 is 2.79 bits per heavy atom. The zero-order chi connectivity index (χ0) is 17.3. The molecule has 0 radical (unpaired) electrons. The Balaban J connectivity index is 1.49. The second kappa shape index (κ2) is 6.79. The summed E-state index contributed by atoms with van der Waals surface area (Å²) in [5.74, 6) is 2.55. The molecule has 1 amide bonds. The van der Waals surface area contributed by atoms with Crippen molar-refractivity contribution >= 4 is 11.6 Å². The number of amides is 1. The Labute approximate surface area is 141 Å². The lowest BCUT2D eigenvalue weighted by Gasteiger charge is -2.28. The molecule has 0 aliphatic heterocycles. The summed E-state index contributed by atoms with van der Waals surface area (Å²) in [5.41, 5.74) is 0.574. The second-order valence-electron chi connectivity index (χ2n) is 7.19. The van der Waals surface area contributed by atoms with Crippen molar-refractivity contribution in [2.24, 2.45) is 17.8 Å². The summed E-state index contributed by atoms with van der Waals surface area (Å²) < 4.78 is 5.47. The maximum atomic E-state index is 12.1. The molecule has 6 nitrogen and oxygen atoms in total. The minimum absolute atomic E-state index is 0.0525. The maximum Gasteiger partial charge on any atom is 0.272 e. The average Bonchev–Trinajstić information content (AvgIpc) is 3.15. The lowest BCUT2D eigenvalue weighted by Crippen LogP contribution is -2.42. The molecule has 2 aliphatic rings. The third kappa shape index (κ3) is 3.52. The first kappa shape index (κ1) is 16.7. The summed E-state index contributed by atoms with van der Waals surface area (Å²) >= 11 is 0. The zero-order valence-electron chi connectivity index (χ0n) is 14.2. The molecule has 0 aromatic heterocycles. The van der Waals surface area contributed by atoms with Gasteiger partial charge in [0, 0.05) is 17.7 Å². The number of rotatable bonds is 6. The van der Waals surface area contributed by atoms with E-state index in [1.165, 1.54) is 37.8 Å². The summed E-state index contributed by atoms with van der Waals surface area (Å²) in [6.07, 6.45) is 5.20. The van der Waals surface area contributed by atoms with Crippen LogP contribution in [0.25, 0.3) is 0 Å². The van der Waals surface area contributed by atoms with Crippen LogP contribution in [0.1, 0.15) is 38.2 Å². The van der Waals surface area contributed by atoms with Crippen molar-refractivity contribution in [2.45, 2.75) is 45.6 Å². The van der Waals surface area contributed by atoms with Crippen molar-refractivity contribution in [3.63, 3.8) is 0 Å². The molecule has 2 aliphatic carbocycles. The smallest absolute Gasteiger partial charge is 0.272 e. The fourth-order valence-corrected chi connectivity index (χ4v) is 4.38. The lowest BCUT2D eigenvalue weighted by atomic mass is 9.84. The van der Waals surface area contributed by atoms with Gasteiger partial charge in [0.15, 0.2) is 6.61 Å². The van der Waals surface area contributed by atoms with Gasteiger partial charge in [0.25, 0.3) is 11.6 Å². The molecule has 4 unspecified atom stereocenters. The van der Waals surface area contributed by atoms with Gasteiger partial charge < -0.3 is 10.1 Å². The molecule has 1 aromatic rings. The van der Waals surface area contributed by atoms with Crippen molar-refractivity contribution in [1.82, 2.24) is 5.32 Å². The molecular formula is C18H24N2O4. The molecular weight excluding hydrogens is 308 g/mol. The maximum absolute atomic E-state index is 12.1. The molecule has 2 saturated carbocycles. The first-order valence-corrected chi connectivity index (χ1v) is 8.61. The van der Waals surface area contributed by atoms with Crippen LogP contribution in [0.3, 0.4) is 0 Å². The molecule has 130 valence electrons. The van der Waals surface area contributed by atoms with Crippen molar-refractivity contribution in [2.75, 3.05) is 6.61 Å². The number of aryl methyl sites for hydroxylation is 1.